The Morgan fingerprint density at radius 1 is 1.41 bits per heavy atom. The van der Waals surface area contributed by atoms with E-state index in [1.807, 2.05) is 10.8 Å². The number of nitrogens with one attached hydrogen (secondary N) is 1. The summed E-state index contributed by atoms with van der Waals surface area (Å²) >= 11 is 0. The van der Waals surface area contributed by atoms with Crippen LogP contribution >= 0.6 is 0 Å². The van der Waals surface area contributed by atoms with Crippen molar-refractivity contribution in [2.75, 3.05) is 0 Å². The van der Waals surface area contributed by atoms with Gasteiger partial charge in [-0.15, -0.1) is 0 Å². The summed E-state index contributed by atoms with van der Waals surface area (Å²) in [6.07, 6.45) is 1.73. The predicted molar refractivity (Wildman–Crippen MR) is 69.7 cm³/mol. The fourth-order valence-corrected chi connectivity index (χ4v) is 2.51. The SMILES string of the molecule is O=C(Cn1ccc(C(F)(F)F)n1)N[C@H]1CCc2nccn2C1. The molecule has 0 spiro atoms. The van der Waals surface area contributed by atoms with Gasteiger partial charge in [-0.05, 0) is 12.5 Å². The number of alkyl halides is 3. The molecule has 1 aliphatic rings. The van der Waals surface area contributed by atoms with E-state index in [1.165, 1.54) is 0 Å². The largest absolute Gasteiger partial charge is 0.435 e. The van der Waals surface area contributed by atoms with Gasteiger partial charge < -0.3 is 9.88 Å². The Balaban J connectivity index is 1.56. The third-order valence-corrected chi connectivity index (χ3v) is 3.54. The van der Waals surface area contributed by atoms with E-state index in [1.54, 1.807) is 6.20 Å². The molecule has 0 fully saturated rings. The maximum atomic E-state index is 12.4. The van der Waals surface area contributed by atoms with E-state index in [9.17, 15) is 18.0 Å². The molecule has 3 rings (SSSR count). The number of imidazole rings is 1. The number of aromatic nitrogens is 4. The van der Waals surface area contributed by atoms with Crippen LogP contribution in [0.1, 0.15) is 17.9 Å². The molecule has 2 aromatic rings. The average molecular weight is 313 g/mol. The number of halogens is 3. The first-order valence-electron chi connectivity index (χ1n) is 6.82. The average Bonchev–Trinajstić information content (AvgIpc) is 3.05. The molecule has 0 radical (unpaired) electrons. The van der Waals surface area contributed by atoms with Crippen molar-refractivity contribution < 1.29 is 18.0 Å². The second kappa shape index (κ2) is 5.47. The van der Waals surface area contributed by atoms with E-state index in [2.05, 4.69) is 15.4 Å². The minimum atomic E-state index is -4.50. The van der Waals surface area contributed by atoms with Crippen LogP contribution in [0.25, 0.3) is 0 Å². The van der Waals surface area contributed by atoms with Gasteiger partial charge in [-0.1, -0.05) is 0 Å². The topological polar surface area (TPSA) is 64.7 Å². The first-order valence-corrected chi connectivity index (χ1v) is 6.82. The Kier molecular flexibility index (Phi) is 3.63. The lowest BCUT2D eigenvalue weighted by atomic mass is 10.1. The van der Waals surface area contributed by atoms with Gasteiger partial charge in [0.25, 0.3) is 0 Å². The molecule has 1 atom stereocenters. The van der Waals surface area contributed by atoms with Crippen LogP contribution in [0.2, 0.25) is 0 Å². The number of aryl methyl sites for hydroxylation is 1. The standard InChI is InChI=1S/C13H14F3N5O/c14-13(15,16)10-3-5-21(19-10)8-12(22)18-9-1-2-11-17-4-6-20(11)7-9/h3-6,9H,1-2,7-8H2,(H,18,22)/t9-/m0/s1. The van der Waals surface area contributed by atoms with E-state index < -0.39 is 11.9 Å². The molecular formula is C13H14F3N5O. The summed E-state index contributed by atoms with van der Waals surface area (Å²) in [5.74, 6) is 0.623. The number of carbonyl (C=O) groups is 1. The molecule has 0 aromatic carbocycles. The van der Waals surface area contributed by atoms with Crippen molar-refractivity contribution in [3.8, 4) is 0 Å². The molecule has 0 saturated heterocycles. The monoisotopic (exact) mass is 313 g/mol. The fourth-order valence-electron chi connectivity index (χ4n) is 2.51. The van der Waals surface area contributed by atoms with Gasteiger partial charge in [-0.3, -0.25) is 9.48 Å². The maximum Gasteiger partial charge on any atom is 0.435 e. The lowest BCUT2D eigenvalue weighted by molar-refractivity contribution is -0.141. The van der Waals surface area contributed by atoms with Crippen LogP contribution in [0.4, 0.5) is 13.2 Å². The second-order valence-corrected chi connectivity index (χ2v) is 5.20. The molecule has 3 heterocycles. The number of nitrogens with zero attached hydrogens (tertiary/aromatic N) is 4. The molecule has 0 saturated carbocycles. The van der Waals surface area contributed by atoms with Crippen molar-refractivity contribution in [1.82, 2.24) is 24.6 Å². The van der Waals surface area contributed by atoms with Crippen LogP contribution in [0.15, 0.2) is 24.7 Å². The zero-order chi connectivity index (χ0) is 15.7. The first-order chi connectivity index (χ1) is 10.4. The maximum absolute atomic E-state index is 12.4. The summed E-state index contributed by atoms with van der Waals surface area (Å²) in [7, 11) is 0. The summed E-state index contributed by atoms with van der Waals surface area (Å²) in [6.45, 7) is 0.386. The van der Waals surface area contributed by atoms with Crippen LogP contribution in [-0.4, -0.2) is 31.3 Å². The van der Waals surface area contributed by atoms with Gasteiger partial charge in [0.05, 0.1) is 0 Å². The number of amides is 1. The second-order valence-electron chi connectivity index (χ2n) is 5.20. The number of fused-ring (bicyclic) bond motifs is 1. The van der Waals surface area contributed by atoms with Crippen LogP contribution in [0.5, 0.6) is 0 Å². The van der Waals surface area contributed by atoms with E-state index in [0.29, 0.717) is 6.54 Å². The highest BCUT2D eigenvalue weighted by atomic mass is 19.4. The predicted octanol–water partition coefficient (Wildman–Crippen LogP) is 1.23. The first kappa shape index (κ1) is 14.6. The lowest BCUT2D eigenvalue weighted by Gasteiger charge is -2.24. The lowest BCUT2D eigenvalue weighted by Crippen LogP contribution is -2.42. The molecule has 118 valence electrons. The Morgan fingerprint density at radius 3 is 2.95 bits per heavy atom. The zero-order valence-electron chi connectivity index (χ0n) is 11.5. The molecule has 6 nitrogen and oxygen atoms in total. The smallest absolute Gasteiger partial charge is 0.350 e. The van der Waals surface area contributed by atoms with Crippen molar-refractivity contribution in [2.45, 2.75) is 38.1 Å². The highest BCUT2D eigenvalue weighted by Gasteiger charge is 2.33. The quantitative estimate of drug-likeness (QED) is 0.927. The number of hydrogen-bond acceptors (Lipinski definition) is 3. The third-order valence-electron chi connectivity index (χ3n) is 3.54. The van der Waals surface area contributed by atoms with Crippen LogP contribution < -0.4 is 5.32 Å². The summed E-state index contributed by atoms with van der Waals surface area (Å²) in [4.78, 5) is 16.1. The van der Waals surface area contributed by atoms with Gasteiger partial charge in [0.1, 0.15) is 12.4 Å². The van der Waals surface area contributed by atoms with E-state index in [-0.39, 0.29) is 18.5 Å². The molecule has 1 amide bonds. The van der Waals surface area contributed by atoms with Crippen molar-refractivity contribution >= 4 is 5.91 Å². The van der Waals surface area contributed by atoms with Gasteiger partial charge in [0.2, 0.25) is 5.91 Å². The van der Waals surface area contributed by atoms with Gasteiger partial charge >= 0.3 is 6.18 Å². The molecule has 0 unspecified atom stereocenters. The third kappa shape index (κ3) is 3.12. The van der Waals surface area contributed by atoms with Gasteiger partial charge in [-0.25, -0.2) is 4.98 Å². The molecule has 9 heteroatoms. The Morgan fingerprint density at radius 2 is 2.23 bits per heavy atom. The highest BCUT2D eigenvalue weighted by Crippen LogP contribution is 2.27. The summed E-state index contributed by atoms with van der Waals surface area (Å²) in [6, 6.07) is 0.804. The molecule has 1 aliphatic heterocycles. The van der Waals surface area contributed by atoms with E-state index in [0.717, 1.165) is 35.6 Å². The Bertz CT molecular complexity index is 675. The molecule has 0 aliphatic carbocycles. The summed E-state index contributed by atoms with van der Waals surface area (Å²) in [5.41, 5.74) is -0.999. The minimum absolute atomic E-state index is 0.0492. The van der Waals surface area contributed by atoms with Gasteiger partial charge in [-0.2, -0.15) is 18.3 Å². The Hall–Kier alpha value is -2.32. The number of carbonyl (C=O) groups excluding carboxylic acids is 1. The fraction of sp³-hybridized carbons (Fsp3) is 0.462. The Labute approximate surface area is 123 Å². The van der Waals surface area contributed by atoms with Crippen LogP contribution in [0.3, 0.4) is 0 Å². The van der Waals surface area contributed by atoms with Crippen molar-refractivity contribution in [1.29, 1.82) is 0 Å². The highest BCUT2D eigenvalue weighted by molar-refractivity contribution is 5.75. The number of rotatable bonds is 3. The van der Waals surface area contributed by atoms with E-state index >= 15 is 0 Å². The minimum Gasteiger partial charge on any atom is -0.350 e. The summed E-state index contributed by atoms with van der Waals surface area (Å²) < 4.78 is 40.3. The van der Waals surface area contributed by atoms with Crippen LogP contribution in [-0.2, 0) is 30.5 Å². The number of hydrogen-bond donors (Lipinski definition) is 1. The molecule has 22 heavy (non-hydrogen) atoms. The van der Waals surface area contributed by atoms with Crippen LogP contribution in [0, 0.1) is 0 Å². The van der Waals surface area contributed by atoms with Crippen molar-refractivity contribution in [3.63, 3.8) is 0 Å². The molecular weight excluding hydrogens is 299 g/mol. The van der Waals surface area contributed by atoms with Crippen molar-refractivity contribution in [2.24, 2.45) is 0 Å². The molecule has 1 N–H and O–H groups in total. The molecule has 2 aromatic heterocycles. The van der Waals surface area contributed by atoms with Gasteiger partial charge in [0, 0.05) is 37.6 Å². The van der Waals surface area contributed by atoms with Gasteiger partial charge in [0.15, 0.2) is 5.69 Å². The van der Waals surface area contributed by atoms with E-state index in [4.69, 9.17) is 0 Å². The zero-order valence-corrected chi connectivity index (χ0v) is 11.5. The van der Waals surface area contributed by atoms with Crippen molar-refractivity contribution in [3.05, 3.63) is 36.2 Å². The normalized spacial score (nSPS) is 18.0. The molecule has 0 bridgehead atoms. The summed E-state index contributed by atoms with van der Waals surface area (Å²) in [5, 5.41) is 6.17.